The third-order valence-electron chi connectivity index (χ3n) is 14.4. The van der Waals surface area contributed by atoms with Gasteiger partial charge in [0.15, 0.2) is 17.5 Å². The SMILES string of the molecule is c1ccc(-c2nc(-c3ccccc3)nc(-c3cccc4oc5ccc(-c6ccc7c(ccc8cc(-c9cccc%10c9-c9ccccc9C%10(c9ccccc9)c9ccccc9)ccc87)c6)cc5c34)n2)cc1. The monoisotopic (exact) mass is 891 g/mol. The topological polar surface area (TPSA) is 51.8 Å². The molecule has 0 saturated heterocycles. The molecule has 0 aliphatic heterocycles. The Morgan fingerprint density at radius 2 is 0.800 bits per heavy atom. The minimum Gasteiger partial charge on any atom is -0.456 e. The fraction of sp³-hybridized carbons (Fsp3) is 0.0152. The molecule has 0 N–H and O–H groups in total. The first-order valence-corrected chi connectivity index (χ1v) is 23.8. The van der Waals surface area contributed by atoms with Gasteiger partial charge in [-0.15, -0.1) is 0 Å². The third kappa shape index (κ3) is 6.20. The number of hydrogen-bond acceptors (Lipinski definition) is 4. The summed E-state index contributed by atoms with van der Waals surface area (Å²) in [5.41, 5.74) is 16.3. The van der Waals surface area contributed by atoms with Crippen LogP contribution in [0.3, 0.4) is 0 Å². The molecule has 4 heteroatoms. The number of furan rings is 1. The van der Waals surface area contributed by atoms with E-state index in [1.54, 1.807) is 0 Å². The molecule has 0 bridgehead atoms. The Morgan fingerprint density at radius 3 is 1.47 bits per heavy atom. The molecule has 0 atom stereocenters. The maximum atomic E-state index is 6.52. The van der Waals surface area contributed by atoms with Gasteiger partial charge in [0.1, 0.15) is 11.2 Å². The van der Waals surface area contributed by atoms with E-state index in [0.717, 1.165) is 49.8 Å². The Bertz CT molecular complexity index is 4070. The fourth-order valence-electron chi connectivity index (χ4n) is 11.3. The van der Waals surface area contributed by atoms with Crippen LogP contribution in [0.4, 0.5) is 0 Å². The van der Waals surface area contributed by atoms with E-state index >= 15 is 0 Å². The van der Waals surface area contributed by atoms with Gasteiger partial charge in [-0.05, 0) is 108 Å². The highest BCUT2D eigenvalue weighted by Crippen LogP contribution is 2.58. The van der Waals surface area contributed by atoms with Crippen molar-refractivity contribution >= 4 is 43.5 Å². The van der Waals surface area contributed by atoms with Gasteiger partial charge in [0.2, 0.25) is 0 Å². The normalized spacial score (nSPS) is 12.7. The maximum absolute atomic E-state index is 6.52. The number of aromatic nitrogens is 3. The van der Waals surface area contributed by atoms with E-state index in [1.807, 2.05) is 72.8 Å². The summed E-state index contributed by atoms with van der Waals surface area (Å²) in [5.74, 6) is 1.84. The Kier molecular flexibility index (Phi) is 9.08. The molecular formula is C66H41N3O. The van der Waals surface area contributed by atoms with Crippen LogP contribution >= 0.6 is 0 Å². The third-order valence-corrected chi connectivity index (χ3v) is 14.4. The van der Waals surface area contributed by atoms with Gasteiger partial charge in [0, 0.05) is 27.5 Å². The van der Waals surface area contributed by atoms with E-state index < -0.39 is 5.41 Å². The number of hydrogen-bond donors (Lipinski definition) is 0. The molecule has 0 unspecified atom stereocenters. The largest absolute Gasteiger partial charge is 0.456 e. The molecule has 0 fully saturated rings. The molecule has 14 rings (SSSR count). The fourth-order valence-corrected chi connectivity index (χ4v) is 11.3. The van der Waals surface area contributed by atoms with Crippen molar-refractivity contribution in [3.05, 3.63) is 271 Å². The van der Waals surface area contributed by atoms with Crippen molar-refractivity contribution in [2.24, 2.45) is 0 Å². The Hall–Kier alpha value is -9.25. The van der Waals surface area contributed by atoms with Crippen molar-refractivity contribution < 1.29 is 4.42 Å². The number of nitrogens with zero attached hydrogens (tertiary/aromatic N) is 3. The zero-order valence-corrected chi connectivity index (χ0v) is 37.9. The lowest BCUT2D eigenvalue weighted by Crippen LogP contribution is -2.28. The lowest BCUT2D eigenvalue weighted by atomic mass is 9.67. The molecule has 0 spiro atoms. The van der Waals surface area contributed by atoms with E-state index in [1.165, 1.54) is 66.1 Å². The highest BCUT2D eigenvalue weighted by molar-refractivity contribution is 6.14. The van der Waals surface area contributed by atoms with Crippen LogP contribution in [-0.4, -0.2) is 15.0 Å². The summed E-state index contributed by atoms with van der Waals surface area (Å²) < 4.78 is 6.52. The Morgan fingerprint density at radius 1 is 0.300 bits per heavy atom. The van der Waals surface area contributed by atoms with E-state index in [-0.39, 0.29) is 0 Å². The minimum absolute atomic E-state index is 0.444. The molecule has 0 amide bonds. The van der Waals surface area contributed by atoms with E-state index in [4.69, 9.17) is 19.4 Å². The Balaban J connectivity index is 0.862. The Labute approximate surface area is 404 Å². The van der Waals surface area contributed by atoms with Crippen molar-refractivity contribution in [3.63, 3.8) is 0 Å². The number of fused-ring (bicyclic) bond motifs is 9. The van der Waals surface area contributed by atoms with Crippen molar-refractivity contribution in [1.29, 1.82) is 0 Å². The first-order chi connectivity index (χ1) is 34.7. The summed E-state index contributed by atoms with van der Waals surface area (Å²) in [5, 5.41) is 6.84. The van der Waals surface area contributed by atoms with Gasteiger partial charge in [-0.1, -0.05) is 218 Å². The van der Waals surface area contributed by atoms with Gasteiger partial charge in [-0.25, -0.2) is 15.0 Å². The van der Waals surface area contributed by atoms with Gasteiger partial charge in [0.05, 0.1) is 5.41 Å². The predicted molar refractivity (Wildman–Crippen MR) is 287 cm³/mol. The smallest absolute Gasteiger partial charge is 0.164 e. The van der Waals surface area contributed by atoms with Crippen LogP contribution in [-0.2, 0) is 5.41 Å². The summed E-state index contributed by atoms with van der Waals surface area (Å²) in [6.45, 7) is 0. The van der Waals surface area contributed by atoms with Crippen LogP contribution < -0.4 is 0 Å². The average Bonchev–Trinajstić information content (AvgIpc) is 3.97. The van der Waals surface area contributed by atoms with Gasteiger partial charge in [-0.2, -0.15) is 0 Å². The van der Waals surface area contributed by atoms with Crippen LogP contribution in [0.1, 0.15) is 22.3 Å². The molecule has 2 heterocycles. The van der Waals surface area contributed by atoms with Crippen LogP contribution in [0.25, 0.3) is 111 Å². The second kappa shape index (κ2) is 15.9. The minimum atomic E-state index is -0.444. The van der Waals surface area contributed by atoms with Crippen molar-refractivity contribution in [3.8, 4) is 67.5 Å². The number of rotatable bonds is 7. The predicted octanol–water partition coefficient (Wildman–Crippen LogP) is 16.8. The van der Waals surface area contributed by atoms with Crippen LogP contribution in [0.15, 0.2) is 253 Å². The first-order valence-electron chi connectivity index (χ1n) is 23.8. The zero-order valence-electron chi connectivity index (χ0n) is 37.9. The van der Waals surface area contributed by atoms with Gasteiger partial charge in [0.25, 0.3) is 0 Å². The van der Waals surface area contributed by atoms with Crippen LogP contribution in [0.2, 0.25) is 0 Å². The summed E-state index contributed by atoms with van der Waals surface area (Å²) in [6, 6.07) is 89.1. The highest BCUT2D eigenvalue weighted by Gasteiger charge is 2.46. The molecule has 1 aliphatic rings. The summed E-state index contributed by atoms with van der Waals surface area (Å²) in [4.78, 5) is 15.1. The van der Waals surface area contributed by atoms with Gasteiger partial charge in [-0.3, -0.25) is 0 Å². The van der Waals surface area contributed by atoms with Gasteiger partial charge >= 0.3 is 0 Å². The molecule has 2 aromatic heterocycles. The van der Waals surface area contributed by atoms with E-state index in [2.05, 4.69) is 176 Å². The lowest BCUT2D eigenvalue weighted by molar-refractivity contribution is 0.669. The second-order valence-electron chi connectivity index (χ2n) is 18.2. The van der Waals surface area contributed by atoms with Gasteiger partial charge < -0.3 is 4.42 Å². The van der Waals surface area contributed by atoms with Crippen LogP contribution in [0, 0.1) is 0 Å². The second-order valence-corrected chi connectivity index (χ2v) is 18.2. The van der Waals surface area contributed by atoms with E-state index in [0.29, 0.717) is 17.5 Å². The molecule has 13 aromatic rings. The molecule has 0 saturated carbocycles. The summed E-state index contributed by atoms with van der Waals surface area (Å²) >= 11 is 0. The zero-order chi connectivity index (χ0) is 46.2. The first kappa shape index (κ1) is 39.9. The molecule has 326 valence electrons. The van der Waals surface area contributed by atoms with Crippen molar-refractivity contribution in [2.45, 2.75) is 5.41 Å². The molecule has 70 heavy (non-hydrogen) atoms. The number of benzene rings is 11. The van der Waals surface area contributed by atoms with E-state index in [9.17, 15) is 0 Å². The molecule has 11 aromatic carbocycles. The lowest BCUT2D eigenvalue weighted by Gasteiger charge is -2.34. The maximum Gasteiger partial charge on any atom is 0.164 e. The quantitative estimate of drug-likeness (QED) is 0.150. The molecule has 0 radical (unpaired) electrons. The molecular weight excluding hydrogens is 851 g/mol. The molecule has 1 aliphatic carbocycles. The van der Waals surface area contributed by atoms with Crippen LogP contribution in [0.5, 0.6) is 0 Å². The van der Waals surface area contributed by atoms with Crippen molar-refractivity contribution in [2.75, 3.05) is 0 Å². The molecule has 4 nitrogen and oxygen atoms in total. The standard InChI is InChI=1S/C66H41N3O/c1-5-17-42(18-6-1)63-67-64(43-19-7-2-8-20-43)69-65(68-63)55-27-16-30-60-62(55)56-41-45(35-38-59(56)70-60)44-33-36-51-46(39-44)31-32-47-40-48(34-37-52(47)51)53-26-15-29-58-61(53)54-25-13-14-28-57(54)66(58,49-21-9-3-10-22-49)50-23-11-4-12-24-50/h1-41H. The van der Waals surface area contributed by atoms with Crippen molar-refractivity contribution in [1.82, 2.24) is 15.0 Å². The summed E-state index contributed by atoms with van der Waals surface area (Å²) in [6.07, 6.45) is 0. The summed E-state index contributed by atoms with van der Waals surface area (Å²) in [7, 11) is 0. The average molecular weight is 892 g/mol. The highest BCUT2D eigenvalue weighted by atomic mass is 16.3.